The molecule has 0 saturated carbocycles. The van der Waals surface area contributed by atoms with E-state index < -0.39 is 0 Å². The molecular weight excluding hydrogens is 374 g/mol. The molecule has 5 nitrogen and oxygen atoms in total. The van der Waals surface area contributed by atoms with Crippen LogP contribution in [0.3, 0.4) is 0 Å². The zero-order chi connectivity index (χ0) is 14.8. The van der Waals surface area contributed by atoms with Crippen molar-refractivity contribution >= 4 is 44.6 Å². The number of tetrazole rings is 1. The SMILES string of the molecule is Cc1cc(NCc2cc(Br)c(Cl)s2)ccc1-n1cnnn1. The molecule has 8 heteroatoms. The van der Waals surface area contributed by atoms with Gasteiger partial charge in [-0.15, -0.1) is 16.4 Å². The van der Waals surface area contributed by atoms with Gasteiger partial charge < -0.3 is 5.32 Å². The molecule has 0 spiro atoms. The second-order valence-corrected chi connectivity index (χ2v) is 7.04. The van der Waals surface area contributed by atoms with Gasteiger partial charge in [0.1, 0.15) is 10.7 Å². The number of hydrogen-bond donors (Lipinski definition) is 1. The van der Waals surface area contributed by atoms with Crippen molar-refractivity contribution in [1.29, 1.82) is 0 Å². The lowest BCUT2D eigenvalue weighted by Gasteiger charge is -2.09. The van der Waals surface area contributed by atoms with E-state index in [0.717, 1.165) is 32.3 Å². The minimum absolute atomic E-state index is 0.736. The van der Waals surface area contributed by atoms with Crippen LogP contribution >= 0.6 is 38.9 Å². The lowest BCUT2D eigenvalue weighted by molar-refractivity contribution is 0.785. The zero-order valence-corrected chi connectivity index (χ0v) is 14.2. The second kappa shape index (κ2) is 6.13. The molecule has 2 aromatic heterocycles. The molecule has 0 aliphatic heterocycles. The number of thiophene rings is 1. The third-order valence-electron chi connectivity index (χ3n) is 2.96. The number of aryl methyl sites for hydroxylation is 1. The van der Waals surface area contributed by atoms with Crippen molar-refractivity contribution in [3.8, 4) is 5.69 Å². The third-order valence-corrected chi connectivity index (χ3v) is 5.43. The lowest BCUT2D eigenvalue weighted by Crippen LogP contribution is -2.01. The largest absolute Gasteiger partial charge is 0.380 e. The highest BCUT2D eigenvalue weighted by molar-refractivity contribution is 9.10. The van der Waals surface area contributed by atoms with Crippen molar-refractivity contribution < 1.29 is 0 Å². The Bertz CT molecular complexity index is 737. The van der Waals surface area contributed by atoms with Gasteiger partial charge >= 0.3 is 0 Å². The molecule has 0 bridgehead atoms. The fraction of sp³-hybridized carbons (Fsp3) is 0.154. The lowest BCUT2D eigenvalue weighted by atomic mass is 10.2. The van der Waals surface area contributed by atoms with Crippen LogP contribution in [0.4, 0.5) is 5.69 Å². The number of anilines is 1. The molecule has 0 saturated heterocycles. The Balaban J connectivity index is 1.73. The smallest absolute Gasteiger partial charge is 0.143 e. The maximum absolute atomic E-state index is 6.04. The Kier molecular flexibility index (Phi) is 4.23. The van der Waals surface area contributed by atoms with Crippen molar-refractivity contribution in [3.63, 3.8) is 0 Å². The first-order valence-corrected chi connectivity index (χ1v) is 8.14. The maximum atomic E-state index is 6.04. The first kappa shape index (κ1) is 14.5. The second-order valence-electron chi connectivity index (χ2n) is 4.44. The van der Waals surface area contributed by atoms with E-state index in [1.54, 1.807) is 22.3 Å². The van der Waals surface area contributed by atoms with E-state index in [9.17, 15) is 0 Å². The van der Waals surface area contributed by atoms with Crippen molar-refractivity contribution in [2.24, 2.45) is 0 Å². The Hall–Kier alpha value is -1.44. The Morgan fingerprint density at radius 3 is 2.86 bits per heavy atom. The standard InChI is InChI=1S/C13H11BrClN5S/c1-8-4-9(2-3-12(8)20-7-17-18-19-20)16-6-10-5-11(14)13(15)21-10/h2-5,7,16H,6H2,1H3. The van der Waals surface area contributed by atoms with Crippen LogP contribution in [0.15, 0.2) is 35.1 Å². The first-order valence-electron chi connectivity index (χ1n) is 6.15. The normalized spacial score (nSPS) is 10.8. The summed E-state index contributed by atoms with van der Waals surface area (Å²) in [6, 6.07) is 8.10. The average molecular weight is 385 g/mol. The van der Waals surface area contributed by atoms with Gasteiger partial charge in [-0.25, -0.2) is 4.68 Å². The summed E-state index contributed by atoms with van der Waals surface area (Å²) < 4.78 is 3.36. The predicted octanol–water partition coefficient (Wildman–Crippen LogP) is 4.06. The molecule has 0 radical (unpaired) electrons. The van der Waals surface area contributed by atoms with Gasteiger partial charge in [-0.2, -0.15) is 0 Å². The van der Waals surface area contributed by atoms with Gasteiger partial charge in [0, 0.05) is 21.6 Å². The van der Waals surface area contributed by atoms with Gasteiger partial charge in [0.25, 0.3) is 0 Å². The molecule has 3 aromatic rings. The molecule has 0 amide bonds. The minimum atomic E-state index is 0.736. The van der Waals surface area contributed by atoms with Gasteiger partial charge in [-0.05, 0) is 63.1 Å². The predicted molar refractivity (Wildman–Crippen MR) is 88.2 cm³/mol. The maximum Gasteiger partial charge on any atom is 0.143 e. The van der Waals surface area contributed by atoms with Crippen molar-refractivity contribution in [2.45, 2.75) is 13.5 Å². The molecule has 1 aromatic carbocycles. The van der Waals surface area contributed by atoms with Crippen LogP contribution in [0.1, 0.15) is 10.4 Å². The van der Waals surface area contributed by atoms with Crippen LogP contribution in [-0.4, -0.2) is 20.2 Å². The van der Waals surface area contributed by atoms with E-state index in [1.807, 2.05) is 25.1 Å². The van der Waals surface area contributed by atoms with Crippen LogP contribution < -0.4 is 5.32 Å². The number of benzene rings is 1. The van der Waals surface area contributed by atoms with E-state index in [-0.39, 0.29) is 0 Å². The highest BCUT2D eigenvalue weighted by Gasteiger charge is 2.06. The van der Waals surface area contributed by atoms with Crippen LogP contribution in [-0.2, 0) is 6.54 Å². The summed E-state index contributed by atoms with van der Waals surface area (Å²) in [7, 11) is 0. The topological polar surface area (TPSA) is 55.6 Å². The average Bonchev–Trinajstić information content (AvgIpc) is 3.08. The molecule has 0 aliphatic rings. The Labute approximate surface area is 139 Å². The fourth-order valence-electron chi connectivity index (χ4n) is 1.96. The number of halogens is 2. The Morgan fingerprint density at radius 2 is 2.24 bits per heavy atom. The van der Waals surface area contributed by atoms with E-state index in [2.05, 4.69) is 42.8 Å². The Morgan fingerprint density at radius 1 is 1.38 bits per heavy atom. The molecule has 0 atom stereocenters. The summed E-state index contributed by atoms with van der Waals surface area (Å²) in [6.45, 7) is 2.76. The van der Waals surface area contributed by atoms with Gasteiger partial charge in [-0.1, -0.05) is 11.6 Å². The minimum Gasteiger partial charge on any atom is -0.380 e. The summed E-state index contributed by atoms with van der Waals surface area (Å²) in [5, 5.41) is 14.6. The van der Waals surface area contributed by atoms with E-state index in [0.29, 0.717) is 0 Å². The highest BCUT2D eigenvalue weighted by atomic mass is 79.9. The van der Waals surface area contributed by atoms with Gasteiger partial charge in [0.05, 0.1) is 5.69 Å². The monoisotopic (exact) mass is 383 g/mol. The molecule has 1 N–H and O–H groups in total. The van der Waals surface area contributed by atoms with Gasteiger partial charge in [0.2, 0.25) is 0 Å². The van der Waals surface area contributed by atoms with Crippen molar-refractivity contribution in [1.82, 2.24) is 20.2 Å². The van der Waals surface area contributed by atoms with Crippen LogP contribution in [0.2, 0.25) is 4.34 Å². The zero-order valence-electron chi connectivity index (χ0n) is 11.0. The van der Waals surface area contributed by atoms with Crippen LogP contribution in [0.5, 0.6) is 0 Å². The van der Waals surface area contributed by atoms with Crippen LogP contribution in [0.25, 0.3) is 5.69 Å². The molecule has 0 unspecified atom stereocenters. The molecule has 21 heavy (non-hydrogen) atoms. The summed E-state index contributed by atoms with van der Waals surface area (Å²) in [4.78, 5) is 1.18. The molecule has 3 rings (SSSR count). The van der Waals surface area contributed by atoms with E-state index >= 15 is 0 Å². The summed E-state index contributed by atoms with van der Waals surface area (Å²) in [6.07, 6.45) is 1.58. The number of nitrogens with one attached hydrogen (secondary N) is 1. The van der Waals surface area contributed by atoms with Gasteiger partial charge in [-0.3, -0.25) is 0 Å². The first-order chi connectivity index (χ1) is 10.1. The summed E-state index contributed by atoms with van der Waals surface area (Å²) in [5.74, 6) is 0. The summed E-state index contributed by atoms with van der Waals surface area (Å²) in [5.41, 5.74) is 3.11. The number of nitrogens with zero attached hydrogens (tertiary/aromatic N) is 4. The van der Waals surface area contributed by atoms with E-state index in [1.165, 1.54) is 4.88 Å². The number of hydrogen-bond acceptors (Lipinski definition) is 5. The van der Waals surface area contributed by atoms with Gasteiger partial charge in [0.15, 0.2) is 0 Å². The molecule has 108 valence electrons. The third kappa shape index (κ3) is 3.25. The van der Waals surface area contributed by atoms with Crippen LogP contribution in [0, 0.1) is 6.92 Å². The molecular formula is C13H11BrClN5S. The quantitative estimate of drug-likeness (QED) is 0.737. The summed E-state index contributed by atoms with van der Waals surface area (Å²) >= 11 is 11.0. The molecule has 2 heterocycles. The molecule has 0 fully saturated rings. The number of aromatic nitrogens is 4. The highest BCUT2D eigenvalue weighted by Crippen LogP contribution is 2.32. The van der Waals surface area contributed by atoms with Crippen molar-refractivity contribution in [3.05, 3.63) is 49.8 Å². The van der Waals surface area contributed by atoms with E-state index in [4.69, 9.17) is 11.6 Å². The molecule has 0 aliphatic carbocycles. The fourth-order valence-corrected chi connectivity index (χ4v) is 3.69. The number of rotatable bonds is 4. The van der Waals surface area contributed by atoms with Crippen molar-refractivity contribution in [2.75, 3.05) is 5.32 Å².